The van der Waals surface area contributed by atoms with Crippen LogP contribution in [0.4, 0.5) is 0 Å². The van der Waals surface area contributed by atoms with Gasteiger partial charge in [-0.05, 0) is 190 Å². The van der Waals surface area contributed by atoms with Crippen molar-refractivity contribution >= 4 is 63.7 Å². The first kappa shape index (κ1) is 80.6. The van der Waals surface area contributed by atoms with Crippen LogP contribution in [-0.2, 0) is 26.2 Å². The lowest BCUT2D eigenvalue weighted by Crippen LogP contribution is -3.00. The van der Waals surface area contributed by atoms with Gasteiger partial charge in [-0.2, -0.15) is 0 Å². The third-order valence-corrected chi connectivity index (χ3v) is 16.4. The van der Waals surface area contributed by atoms with E-state index in [0.717, 1.165) is 73.2 Å². The van der Waals surface area contributed by atoms with Crippen LogP contribution in [0.15, 0.2) is 294 Å². The second-order valence-corrected chi connectivity index (χ2v) is 23.9. The van der Waals surface area contributed by atoms with E-state index >= 15 is 0 Å². The number of unbranched alkanes of at least 4 members (excludes halogenated alkanes) is 4. The Morgan fingerprint density at radius 1 is 0.179 bits per heavy atom. The zero-order chi connectivity index (χ0) is 64.1. The molecule has 492 valence electrons. The molecule has 0 atom stereocenters. The van der Waals surface area contributed by atoms with Crippen LogP contribution in [0.5, 0.6) is 0 Å². The molecule has 0 spiro atoms. The van der Waals surface area contributed by atoms with Crippen LogP contribution < -0.4 is 69.2 Å². The van der Waals surface area contributed by atoms with E-state index in [1.54, 1.807) is 49.6 Å². The van der Waals surface area contributed by atoms with Gasteiger partial charge in [0.05, 0.1) is 0 Å². The molecule has 0 aromatic carbocycles. The lowest BCUT2D eigenvalue weighted by atomic mass is 10.1. The van der Waals surface area contributed by atoms with E-state index in [1.807, 2.05) is 147 Å². The molecular weight excluding hydrogens is 1640 g/mol. The number of rotatable bonds is 22. The Bertz CT molecular complexity index is 3260. The molecule has 0 fully saturated rings. The van der Waals surface area contributed by atoms with Gasteiger partial charge in [0, 0.05) is 195 Å². The summed E-state index contributed by atoms with van der Waals surface area (Å²) in [5, 5.41) is 4.55. The first-order valence-electron chi connectivity index (χ1n) is 31.0. The molecule has 0 amide bonds. The van der Waals surface area contributed by atoms with Gasteiger partial charge >= 0.3 is 0 Å². The molecule has 0 aliphatic heterocycles. The smallest absolute Gasteiger partial charge is 0.169 e. The normalized spacial score (nSPS) is 9.89. The summed E-state index contributed by atoms with van der Waals surface area (Å²) in [6.07, 6.45) is 56.0. The molecule has 12 heterocycles. The molecule has 0 saturated heterocycles. The first-order chi connectivity index (χ1) is 45.5. The standard InChI is InChI=1S/2C24H24N4.2C10H8N2.2C4H8Br2.3BrH/c2*1(15-27-17-7-23(8-18-27)21-3-11-25-12-4-21)2-16-28-19-9-24(10-20-28)22-5-13-26-14-6-22;2*1-5-11-6-2-9(1)10-3-7-12-8-4-10;2*5-3-1-2-4-6;;;/h2*3-14,17-20H,1-2,15-16H2;2*1-8H;2*1-4H2;3*1H/q2*+2;;;;;;;/p-3. The number of pyridine rings is 12. The van der Waals surface area contributed by atoms with E-state index in [1.165, 1.54) is 92.4 Å². The summed E-state index contributed by atoms with van der Waals surface area (Å²) in [4.78, 5) is 32.1. The minimum Gasteiger partial charge on any atom is -1.00 e. The summed E-state index contributed by atoms with van der Waals surface area (Å²) < 4.78 is 9.01. The molecule has 0 bridgehead atoms. The Morgan fingerprint density at radius 2 is 0.295 bits per heavy atom. The summed E-state index contributed by atoms with van der Waals surface area (Å²) in [6.45, 7) is 4.14. The Balaban J connectivity index is 0.000000265. The molecule has 12 rings (SSSR count). The number of alkyl halides is 4. The molecule has 95 heavy (non-hydrogen) atoms. The van der Waals surface area contributed by atoms with Gasteiger partial charge in [0.15, 0.2) is 49.6 Å². The van der Waals surface area contributed by atoms with Crippen LogP contribution in [0.2, 0.25) is 0 Å². The largest absolute Gasteiger partial charge is 1.00 e. The fraction of sp³-hybridized carbons (Fsp3) is 0.211. The highest BCUT2D eigenvalue weighted by Gasteiger charge is 2.09. The molecule has 0 aliphatic rings. The number of halogens is 7. The maximum Gasteiger partial charge on any atom is 0.169 e. The van der Waals surface area contributed by atoms with Crippen molar-refractivity contribution in [2.24, 2.45) is 0 Å². The summed E-state index contributed by atoms with van der Waals surface area (Å²) in [7, 11) is 0. The van der Waals surface area contributed by atoms with Crippen molar-refractivity contribution in [1.82, 2.24) is 39.9 Å². The Hall–Kier alpha value is -6.84. The van der Waals surface area contributed by atoms with Crippen molar-refractivity contribution in [1.29, 1.82) is 0 Å². The Kier molecular flexibility index (Phi) is 42.9. The second-order valence-electron chi connectivity index (χ2n) is 20.8. The van der Waals surface area contributed by atoms with Crippen molar-refractivity contribution in [3.05, 3.63) is 294 Å². The van der Waals surface area contributed by atoms with E-state index in [-0.39, 0.29) is 50.9 Å². The average molecular weight is 1720 g/mol. The van der Waals surface area contributed by atoms with Crippen molar-refractivity contribution in [2.75, 3.05) is 21.3 Å². The summed E-state index contributed by atoms with van der Waals surface area (Å²) in [5.41, 5.74) is 14.4. The van der Waals surface area contributed by atoms with Crippen molar-refractivity contribution in [3.63, 3.8) is 0 Å². The van der Waals surface area contributed by atoms with Gasteiger partial charge in [-0.1, -0.05) is 63.7 Å². The molecule has 12 aromatic heterocycles. The van der Waals surface area contributed by atoms with Crippen LogP contribution in [0.3, 0.4) is 0 Å². The fourth-order valence-electron chi connectivity index (χ4n) is 9.11. The molecule has 12 nitrogen and oxygen atoms in total. The highest BCUT2D eigenvalue weighted by atomic mass is 79.9. The van der Waals surface area contributed by atoms with Gasteiger partial charge in [0.2, 0.25) is 0 Å². The highest BCUT2D eigenvalue weighted by Crippen LogP contribution is 2.21. The number of aryl methyl sites for hydroxylation is 4. The quantitative estimate of drug-likeness (QED) is 0.0380. The minimum absolute atomic E-state index is 0. The zero-order valence-electron chi connectivity index (χ0n) is 53.0. The number of hydrogen-bond acceptors (Lipinski definition) is 8. The molecule has 0 saturated carbocycles. The first-order valence-corrected chi connectivity index (χ1v) is 35.4. The molecule has 0 unspecified atom stereocenters. The van der Waals surface area contributed by atoms with E-state index in [4.69, 9.17) is 0 Å². The third kappa shape index (κ3) is 31.7. The van der Waals surface area contributed by atoms with Crippen molar-refractivity contribution in [2.45, 2.75) is 77.5 Å². The summed E-state index contributed by atoms with van der Waals surface area (Å²) >= 11 is 13.3. The van der Waals surface area contributed by atoms with Crippen LogP contribution in [0, 0.1) is 0 Å². The van der Waals surface area contributed by atoms with Crippen LogP contribution >= 0.6 is 63.7 Å². The van der Waals surface area contributed by atoms with Crippen LogP contribution in [-0.4, -0.2) is 61.2 Å². The fourth-order valence-corrected chi connectivity index (χ4v) is 10.7. The van der Waals surface area contributed by atoms with E-state index in [9.17, 15) is 0 Å². The number of nitrogens with zero attached hydrogens (tertiary/aromatic N) is 12. The van der Waals surface area contributed by atoms with E-state index in [2.05, 4.69) is 220 Å². The predicted molar refractivity (Wildman–Crippen MR) is 387 cm³/mol. The Morgan fingerprint density at radius 3 is 0.411 bits per heavy atom. The Labute approximate surface area is 626 Å². The topological polar surface area (TPSA) is 119 Å². The molecule has 12 aromatic rings. The van der Waals surface area contributed by atoms with Gasteiger partial charge < -0.3 is 50.9 Å². The summed E-state index contributed by atoms with van der Waals surface area (Å²) in [6, 6.07) is 49.5. The van der Waals surface area contributed by atoms with Crippen molar-refractivity contribution in [3.8, 4) is 66.8 Å². The number of aromatic nitrogens is 12. The molecule has 0 N–H and O–H groups in total. The molecular formula is C76H80Br7N12+. The average Bonchev–Trinajstić information content (AvgIpc) is 2.04. The third-order valence-electron chi connectivity index (χ3n) is 14.2. The van der Waals surface area contributed by atoms with Gasteiger partial charge in [-0.15, -0.1) is 0 Å². The maximum atomic E-state index is 4.07. The highest BCUT2D eigenvalue weighted by molar-refractivity contribution is 9.09. The molecule has 0 radical (unpaired) electrons. The molecule has 19 heteroatoms. The lowest BCUT2D eigenvalue weighted by Gasteiger charge is -2.02. The molecule has 0 aliphatic carbocycles. The van der Waals surface area contributed by atoms with Crippen LogP contribution in [0.1, 0.15) is 51.4 Å². The second kappa shape index (κ2) is 50.5. The lowest BCUT2D eigenvalue weighted by molar-refractivity contribution is -0.708. The van der Waals surface area contributed by atoms with Gasteiger partial charge in [-0.3, -0.25) is 39.9 Å². The minimum atomic E-state index is 0. The van der Waals surface area contributed by atoms with E-state index < -0.39 is 0 Å². The van der Waals surface area contributed by atoms with Gasteiger partial charge in [0.25, 0.3) is 0 Å². The summed E-state index contributed by atoms with van der Waals surface area (Å²) in [5.74, 6) is 0. The van der Waals surface area contributed by atoms with Gasteiger partial charge in [0.1, 0.15) is 26.2 Å². The van der Waals surface area contributed by atoms with E-state index in [0.29, 0.717) is 0 Å². The zero-order valence-corrected chi connectivity index (χ0v) is 64.1. The van der Waals surface area contributed by atoms with Crippen LogP contribution in [0.25, 0.3) is 66.8 Å². The maximum absolute atomic E-state index is 4.07. The monoisotopic (exact) mass is 1710 g/mol. The predicted octanol–water partition coefficient (Wildman–Crippen LogP) is 8.14. The number of hydrogen-bond donors (Lipinski definition) is 0. The van der Waals surface area contributed by atoms with Crippen molar-refractivity contribution < 1.29 is 69.2 Å². The SMILES string of the molecule is BrCCCCBr.BrCCCCBr.[Br-].[Br-].[Br-].c1cc(-c2cc[n+](CCCC[n+]3ccc(-c4ccncc4)cc3)cc2)ccn1.c1cc(-c2cc[n+](CCCC[n+]3ccc(-c4ccncc4)cc3)cc2)ccn1.c1cc(-c2ccncc2)ccn1.c1cc(-c2ccncc2)ccn1. The van der Waals surface area contributed by atoms with Gasteiger partial charge in [-0.25, -0.2) is 18.3 Å².